The summed E-state index contributed by atoms with van der Waals surface area (Å²) in [5, 5.41) is 8.00. The van der Waals surface area contributed by atoms with Gasteiger partial charge in [-0.15, -0.1) is 0 Å². The van der Waals surface area contributed by atoms with Gasteiger partial charge in [0.2, 0.25) is 17.7 Å². The van der Waals surface area contributed by atoms with E-state index in [-0.39, 0.29) is 33.8 Å². The van der Waals surface area contributed by atoms with Crippen LogP contribution in [0, 0.1) is 5.92 Å². The SMILES string of the molecule is CCC[C@H](NC(C)=O)C(=O)N[C@@H](C[C@@H]1CCNC1=O)C(=O)COC(=O)c1c(Cl)cccc1Cl. The fourth-order valence-corrected chi connectivity index (χ4v) is 4.05. The third-order valence-corrected chi connectivity index (χ3v) is 5.80. The van der Waals surface area contributed by atoms with Crippen molar-refractivity contribution in [3.63, 3.8) is 0 Å². The van der Waals surface area contributed by atoms with Gasteiger partial charge in [-0.1, -0.05) is 42.6 Å². The van der Waals surface area contributed by atoms with Gasteiger partial charge < -0.3 is 20.7 Å². The molecule has 3 N–H and O–H groups in total. The van der Waals surface area contributed by atoms with Crippen molar-refractivity contribution in [2.24, 2.45) is 5.92 Å². The highest BCUT2D eigenvalue weighted by Gasteiger charge is 2.33. The Balaban J connectivity index is 2.12. The highest BCUT2D eigenvalue weighted by molar-refractivity contribution is 6.39. The average Bonchev–Trinajstić information content (AvgIpc) is 3.15. The first-order valence-corrected chi connectivity index (χ1v) is 11.4. The van der Waals surface area contributed by atoms with Crippen molar-refractivity contribution in [3.05, 3.63) is 33.8 Å². The number of amides is 3. The molecule has 1 aromatic rings. The second kappa shape index (κ2) is 12.6. The molecule has 0 aliphatic carbocycles. The van der Waals surface area contributed by atoms with Gasteiger partial charge in [-0.3, -0.25) is 19.2 Å². The van der Waals surface area contributed by atoms with Crippen molar-refractivity contribution >= 4 is 52.7 Å². The van der Waals surface area contributed by atoms with Crippen molar-refractivity contribution in [1.82, 2.24) is 16.0 Å². The van der Waals surface area contributed by atoms with Crippen molar-refractivity contribution in [2.45, 2.75) is 51.6 Å². The largest absolute Gasteiger partial charge is 0.454 e. The van der Waals surface area contributed by atoms with Crippen LogP contribution in [0.25, 0.3) is 0 Å². The third kappa shape index (κ3) is 7.71. The van der Waals surface area contributed by atoms with Crippen LogP contribution in [0.3, 0.4) is 0 Å². The van der Waals surface area contributed by atoms with Gasteiger partial charge in [-0.25, -0.2) is 4.79 Å². The molecule has 180 valence electrons. The number of esters is 1. The number of ketones is 1. The molecule has 1 fully saturated rings. The molecule has 0 bridgehead atoms. The molecule has 2 rings (SSSR count). The quantitative estimate of drug-likeness (QED) is 0.399. The van der Waals surface area contributed by atoms with Crippen LogP contribution in [0.15, 0.2) is 18.2 Å². The van der Waals surface area contributed by atoms with Gasteiger partial charge in [0.1, 0.15) is 6.04 Å². The smallest absolute Gasteiger partial charge is 0.341 e. The number of ether oxygens (including phenoxy) is 1. The fraction of sp³-hybridized carbons (Fsp3) is 0.500. The molecule has 1 aliphatic heterocycles. The molecule has 1 heterocycles. The Labute approximate surface area is 201 Å². The molecule has 0 aromatic heterocycles. The lowest BCUT2D eigenvalue weighted by Crippen LogP contribution is -2.52. The summed E-state index contributed by atoms with van der Waals surface area (Å²) in [6.07, 6.45) is 1.55. The van der Waals surface area contributed by atoms with E-state index in [9.17, 15) is 24.0 Å². The van der Waals surface area contributed by atoms with Crippen LogP contribution < -0.4 is 16.0 Å². The zero-order valence-electron chi connectivity index (χ0n) is 18.4. The minimum atomic E-state index is -1.09. The third-order valence-electron chi connectivity index (χ3n) is 5.17. The molecule has 0 radical (unpaired) electrons. The monoisotopic (exact) mass is 499 g/mol. The molecule has 1 aliphatic rings. The van der Waals surface area contributed by atoms with E-state index in [1.807, 2.05) is 6.92 Å². The summed E-state index contributed by atoms with van der Waals surface area (Å²) in [4.78, 5) is 61.5. The summed E-state index contributed by atoms with van der Waals surface area (Å²) in [7, 11) is 0. The Morgan fingerprint density at radius 3 is 2.36 bits per heavy atom. The Bertz CT molecular complexity index is 903. The van der Waals surface area contributed by atoms with Gasteiger partial charge in [-0.05, 0) is 31.4 Å². The molecule has 3 amide bonds. The van der Waals surface area contributed by atoms with Gasteiger partial charge >= 0.3 is 5.97 Å². The number of Topliss-reactive ketones (excluding diaryl/α,β-unsaturated/α-hetero) is 1. The van der Waals surface area contributed by atoms with E-state index in [1.54, 1.807) is 6.07 Å². The van der Waals surface area contributed by atoms with Gasteiger partial charge in [0.05, 0.1) is 21.7 Å². The predicted molar refractivity (Wildman–Crippen MR) is 122 cm³/mol. The molecule has 11 heteroatoms. The average molecular weight is 500 g/mol. The summed E-state index contributed by atoms with van der Waals surface area (Å²) in [5.74, 6) is -3.11. The van der Waals surface area contributed by atoms with Crippen LogP contribution in [-0.4, -0.2) is 54.7 Å². The minimum Gasteiger partial charge on any atom is -0.454 e. The maximum absolute atomic E-state index is 12.9. The van der Waals surface area contributed by atoms with E-state index < -0.39 is 42.3 Å². The van der Waals surface area contributed by atoms with Crippen molar-refractivity contribution < 1.29 is 28.7 Å². The predicted octanol–water partition coefficient (Wildman–Crippen LogP) is 2.04. The summed E-state index contributed by atoms with van der Waals surface area (Å²) in [6.45, 7) is 2.97. The molecule has 9 nitrogen and oxygen atoms in total. The van der Waals surface area contributed by atoms with Crippen molar-refractivity contribution in [2.75, 3.05) is 13.2 Å². The van der Waals surface area contributed by atoms with Crippen LogP contribution in [0.1, 0.15) is 49.9 Å². The van der Waals surface area contributed by atoms with Crippen LogP contribution in [-0.2, 0) is 23.9 Å². The van der Waals surface area contributed by atoms with E-state index in [0.29, 0.717) is 25.8 Å². The maximum Gasteiger partial charge on any atom is 0.341 e. The number of halogens is 2. The van der Waals surface area contributed by atoms with Gasteiger partial charge in [0, 0.05) is 19.4 Å². The first kappa shape index (κ1) is 26.6. The Morgan fingerprint density at radius 2 is 1.82 bits per heavy atom. The Morgan fingerprint density at radius 1 is 1.15 bits per heavy atom. The van der Waals surface area contributed by atoms with Crippen LogP contribution in [0.5, 0.6) is 0 Å². The molecule has 3 atom stereocenters. The van der Waals surface area contributed by atoms with Gasteiger partial charge in [0.25, 0.3) is 0 Å². The molecular formula is C22H27Cl2N3O6. The van der Waals surface area contributed by atoms with Crippen LogP contribution in [0.2, 0.25) is 10.0 Å². The molecule has 0 spiro atoms. The molecule has 33 heavy (non-hydrogen) atoms. The lowest BCUT2D eigenvalue weighted by molar-refractivity contribution is -0.133. The highest BCUT2D eigenvalue weighted by Crippen LogP contribution is 2.25. The zero-order valence-corrected chi connectivity index (χ0v) is 19.9. The lowest BCUT2D eigenvalue weighted by atomic mass is 9.95. The van der Waals surface area contributed by atoms with E-state index in [0.717, 1.165) is 0 Å². The summed E-state index contributed by atoms with van der Waals surface area (Å²) >= 11 is 12.0. The standard InChI is InChI=1S/C22H27Cl2N3O6/c1-3-5-16(26-12(2)28)21(31)27-17(10-13-8-9-25-20(13)30)18(29)11-33-22(32)19-14(23)6-4-7-15(19)24/h4,6-7,13,16-17H,3,5,8-11H2,1-2H3,(H,25,30)(H,26,28)(H,27,31)/t13-,16-,17-/m0/s1. The zero-order chi connectivity index (χ0) is 24.5. The summed E-state index contributed by atoms with van der Waals surface area (Å²) in [5.41, 5.74) is -0.0712. The first-order chi connectivity index (χ1) is 15.6. The molecule has 0 saturated carbocycles. The van der Waals surface area contributed by atoms with E-state index >= 15 is 0 Å². The second-order valence-corrected chi connectivity index (χ2v) is 8.57. The summed E-state index contributed by atoms with van der Waals surface area (Å²) in [6, 6.07) is 2.57. The number of benzene rings is 1. The number of carbonyl (C=O) groups excluding carboxylic acids is 5. The van der Waals surface area contributed by atoms with Crippen molar-refractivity contribution in [3.8, 4) is 0 Å². The summed E-state index contributed by atoms with van der Waals surface area (Å²) < 4.78 is 5.10. The highest BCUT2D eigenvalue weighted by atomic mass is 35.5. The van der Waals surface area contributed by atoms with Gasteiger partial charge in [-0.2, -0.15) is 0 Å². The number of hydrogen-bond donors (Lipinski definition) is 3. The molecular weight excluding hydrogens is 473 g/mol. The number of hydrogen-bond acceptors (Lipinski definition) is 6. The normalized spacial score (nSPS) is 17.0. The van der Waals surface area contributed by atoms with Crippen LogP contribution >= 0.6 is 23.2 Å². The maximum atomic E-state index is 12.9. The Kier molecular flexibility index (Phi) is 10.1. The topological polar surface area (TPSA) is 131 Å². The minimum absolute atomic E-state index is 0.0414. The lowest BCUT2D eigenvalue weighted by Gasteiger charge is -2.23. The number of nitrogens with one attached hydrogen (secondary N) is 3. The van der Waals surface area contributed by atoms with E-state index in [4.69, 9.17) is 27.9 Å². The molecule has 1 aromatic carbocycles. The molecule has 1 saturated heterocycles. The number of rotatable bonds is 11. The molecule has 0 unspecified atom stereocenters. The van der Waals surface area contributed by atoms with E-state index in [1.165, 1.54) is 19.1 Å². The fourth-order valence-electron chi connectivity index (χ4n) is 3.50. The van der Waals surface area contributed by atoms with Crippen molar-refractivity contribution in [1.29, 1.82) is 0 Å². The first-order valence-electron chi connectivity index (χ1n) is 10.6. The van der Waals surface area contributed by atoms with E-state index in [2.05, 4.69) is 16.0 Å². The number of carbonyl (C=O) groups is 5. The van der Waals surface area contributed by atoms with Crippen LogP contribution in [0.4, 0.5) is 0 Å². The Hall–Kier alpha value is -2.65. The van der Waals surface area contributed by atoms with Gasteiger partial charge in [0.15, 0.2) is 12.4 Å². The second-order valence-electron chi connectivity index (χ2n) is 7.75.